The summed E-state index contributed by atoms with van der Waals surface area (Å²) in [5.74, 6) is 0.490. The monoisotopic (exact) mass is 461 g/mol. The molecular weight excluding hydrogens is 448 g/mol. The fourth-order valence-corrected chi connectivity index (χ4v) is 4.00. The lowest BCUT2D eigenvalue weighted by Crippen LogP contribution is -2.29. The van der Waals surface area contributed by atoms with Crippen LogP contribution in [0, 0.1) is 0 Å². The van der Waals surface area contributed by atoms with E-state index in [1.807, 2.05) is 0 Å². The molecule has 0 aromatic carbocycles. The van der Waals surface area contributed by atoms with E-state index in [-0.39, 0.29) is 22.7 Å². The van der Waals surface area contributed by atoms with Crippen molar-refractivity contribution in [2.45, 2.75) is 24.3 Å². The minimum absolute atomic E-state index is 0.0737. The van der Waals surface area contributed by atoms with Crippen LogP contribution in [0.4, 0.5) is 26.3 Å². The van der Waals surface area contributed by atoms with E-state index in [4.69, 9.17) is 0 Å². The summed E-state index contributed by atoms with van der Waals surface area (Å²) in [6.07, 6.45) is -7.19. The third kappa shape index (κ3) is 3.56. The van der Waals surface area contributed by atoms with Crippen LogP contribution in [0.1, 0.15) is 18.2 Å². The van der Waals surface area contributed by atoms with Gasteiger partial charge in [-0.3, -0.25) is 13.4 Å². The van der Waals surface area contributed by atoms with Gasteiger partial charge >= 0.3 is 18.0 Å². The minimum atomic E-state index is -4.76. The van der Waals surface area contributed by atoms with Gasteiger partial charge in [0.2, 0.25) is 0 Å². The van der Waals surface area contributed by atoms with Gasteiger partial charge in [-0.25, -0.2) is 14.8 Å². The van der Waals surface area contributed by atoms with Gasteiger partial charge in [-0.2, -0.15) is 26.3 Å². The van der Waals surface area contributed by atoms with Crippen molar-refractivity contribution >= 4 is 23.1 Å². The minimum Gasteiger partial charge on any atom is -0.293 e. The number of hydrogen-bond acceptors (Lipinski definition) is 4. The zero-order valence-electron chi connectivity index (χ0n) is 15.9. The molecule has 13 heteroatoms. The van der Waals surface area contributed by atoms with Gasteiger partial charge in [0.25, 0.3) is 0 Å². The molecule has 0 saturated heterocycles. The normalized spacial score (nSPS) is 12.9. The van der Waals surface area contributed by atoms with Gasteiger partial charge in [-0.15, -0.1) is 11.8 Å². The fourth-order valence-electron chi connectivity index (χ4n) is 3.15. The first-order valence-corrected chi connectivity index (χ1v) is 9.79. The summed E-state index contributed by atoms with van der Waals surface area (Å²) < 4.78 is 81.7. The third-order valence-electron chi connectivity index (χ3n) is 4.57. The number of nitrogens with zero attached hydrogens (tertiary/aromatic N) is 5. The summed E-state index contributed by atoms with van der Waals surface area (Å²) in [5, 5.41) is 0.333. The van der Waals surface area contributed by atoms with Crippen LogP contribution >= 0.6 is 11.8 Å². The molecule has 4 aromatic heterocycles. The van der Waals surface area contributed by atoms with Crippen LogP contribution in [0.15, 0.2) is 40.4 Å². The van der Waals surface area contributed by atoms with E-state index in [2.05, 4.69) is 9.97 Å². The lowest BCUT2D eigenvalue weighted by Gasteiger charge is -2.11. The van der Waals surface area contributed by atoms with Gasteiger partial charge in [-0.05, 0) is 17.9 Å². The van der Waals surface area contributed by atoms with Crippen LogP contribution in [0.3, 0.4) is 0 Å². The molecular formula is C18H13F6N5OS. The molecule has 4 rings (SSSR count). The Morgan fingerprint density at radius 2 is 1.68 bits per heavy atom. The lowest BCUT2D eigenvalue weighted by atomic mass is 10.3. The van der Waals surface area contributed by atoms with Crippen LogP contribution < -0.4 is 5.69 Å². The highest BCUT2D eigenvalue weighted by Crippen LogP contribution is 2.35. The molecule has 0 saturated carbocycles. The number of pyridine rings is 1. The van der Waals surface area contributed by atoms with Crippen molar-refractivity contribution in [3.63, 3.8) is 0 Å². The molecule has 164 valence electrons. The summed E-state index contributed by atoms with van der Waals surface area (Å²) in [5.41, 5.74) is -2.80. The third-order valence-corrected chi connectivity index (χ3v) is 5.52. The Morgan fingerprint density at radius 3 is 2.29 bits per heavy atom. The molecule has 4 heterocycles. The fraction of sp³-hybridized carbons (Fsp3) is 0.278. The van der Waals surface area contributed by atoms with Gasteiger partial charge in [0, 0.05) is 25.5 Å². The maximum atomic E-state index is 13.2. The summed E-state index contributed by atoms with van der Waals surface area (Å²) >= 11 is 1.20. The van der Waals surface area contributed by atoms with Crippen LogP contribution in [0.25, 0.3) is 22.7 Å². The second-order valence-corrected chi connectivity index (χ2v) is 7.82. The molecule has 0 aliphatic heterocycles. The smallest absolute Gasteiger partial charge is 0.293 e. The molecule has 0 radical (unpaired) electrons. The van der Waals surface area contributed by atoms with E-state index in [9.17, 15) is 31.1 Å². The Morgan fingerprint density at radius 1 is 0.968 bits per heavy atom. The number of thioether (sulfide) groups is 1. The van der Waals surface area contributed by atoms with Crippen LogP contribution in [-0.4, -0.2) is 29.1 Å². The number of alkyl halides is 6. The van der Waals surface area contributed by atoms with Crippen molar-refractivity contribution in [2.24, 2.45) is 7.05 Å². The van der Waals surface area contributed by atoms with Gasteiger partial charge in [0.15, 0.2) is 0 Å². The van der Waals surface area contributed by atoms with Gasteiger partial charge in [0.1, 0.15) is 33.4 Å². The molecule has 0 unspecified atom stereocenters. The quantitative estimate of drug-likeness (QED) is 0.333. The molecule has 0 bridgehead atoms. The largest absolute Gasteiger partial charge is 0.431 e. The highest BCUT2D eigenvalue weighted by molar-refractivity contribution is 7.99. The molecule has 0 N–H and O–H groups in total. The standard InChI is InChI=1S/C18H13F6N5OS/c1-3-31-15-14(26-12-5-4-9(7-28(12)15)17(19,20)21)10-8-29-13(25-10)6-11(18(22,23)24)27(2)16(29)30/h4-8H,3H2,1-2H3. The lowest BCUT2D eigenvalue weighted by molar-refractivity contribution is -0.143. The first-order valence-electron chi connectivity index (χ1n) is 8.80. The number of halogens is 6. The van der Waals surface area contributed by atoms with Gasteiger partial charge < -0.3 is 0 Å². The number of hydrogen-bond donors (Lipinski definition) is 0. The molecule has 6 nitrogen and oxygen atoms in total. The van der Waals surface area contributed by atoms with E-state index in [1.54, 1.807) is 6.92 Å². The van der Waals surface area contributed by atoms with Crippen LogP contribution in [0.5, 0.6) is 0 Å². The Bertz CT molecular complexity index is 1360. The molecule has 0 aliphatic rings. The Labute approximate surface area is 174 Å². The predicted molar refractivity (Wildman–Crippen MR) is 101 cm³/mol. The van der Waals surface area contributed by atoms with Crippen molar-refractivity contribution in [1.82, 2.24) is 23.3 Å². The van der Waals surface area contributed by atoms with Crippen molar-refractivity contribution in [1.29, 1.82) is 0 Å². The zero-order valence-corrected chi connectivity index (χ0v) is 16.7. The van der Waals surface area contributed by atoms with E-state index < -0.39 is 29.3 Å². The zero-order chi connectivity index (χ0) is 22.7. The van der Waals surface area contributed by atoms with Crippen molar-refractivity contribution in [3.05, 3.63) is 52.3 Å². The second-order valence-electron chi connectivity index (χ2n) is 6.57. The molecule has 31 heavy (non-hydrogen) atoms. The van der Waals surface area contributed by atoms with E-state index in [1.165, 1.54) is 28.4 Å². The molecule has 4 aromatic rings. The molecule has 0 amide bonds. The number of rotatable bonds is 3. The van der Waals surface area contributed by atoms with E-state index >= 15 is 0 Å². The SMILES string of the molecule is CCSc1c(-c2cn3c(=O)n(C)c(C(F)(F)F)cc3n2)nc2ccc(C(F)(F)F)cn12. The first kappa shape index (κ1) is 21.3. The average molecular weight is 461 g/mol. The summed E-state index contributed by atoms with van der Waals surface area (Å²) in [7, 11) is 0.992. The summed E-state index contributed by atoms with van der Waals surface area (Å²) in [6, 6.07) is 2.82. The van der Waals surface area contributed by atoms with Gasteiger partial charge in [-0.1, -0.05) is 6.92 Å². The van der Waals surface area contributed by atoms with Crippen molar-refractivity contribution in [3.8, 4) is 11.4 Å². The Kier molecular flexibility index (Phi) is 4.83. The van der Waals surface area contributed by atoms with Crippen molar-refractivity contribution < 1.29 is 26.3 Å². The highest BCUT2D eigenvalue weighted by Gasteiger charge is 2.35. The van der Waals surface area contributed by atoms with Crippen LogP contribution in [-0.2, 0) is 19.4 Å². The Balaban J connectivity index is 1.97. The molecule has 0 fully saturated rings. The number of aromatic nitrogens is 5. The summed E-state index contributed by atoms with van der Waals surface area (Å²) in [4.78, 5) is 20.8. The average Bonchev–Trinajstić information content (AvgIpc) is 3.25. The molecule has 0 atom stereocenters. The van der Waals surface area contributed by atoms with Crippen molar-refractivity contribution in [2.75, 3.05) is 5.75 Å². The number of imidazole rings is 2. The maximum Gasteiger partial charge on any atom is 0.431 e. The maximum absolute atomic E-state index is 13.2. The topological polar surface area (TPSA) is 56.6 Å². The summed E-state index contributed by atoms with van der Waals surface area (Å²) in [6.45, 7) is 1.79. The Hall–Kier alpha value is -2.96. The second kappa shape index (κ2) is 7.04. The van der Waals surface area contributed by atoms with E-state index in [0.717, 1.165) is 29.8 Å². The number of fused-ring (bicyclic) bond motifs is 2. The highest BCUT2D eigenvalue weighted by atomic mass is 32.2. The van der Waals surface area contributed by atoms with E-state index in [0.29, 0.717) is 15.3 Å². The first-order chi connectivity index (χ1) is 14.4. The molecule has 0 spiro atoms. The molecule has 0 aliphatic carbocycles. The van der Waals surface area contributed by atoms with Gasteiger partial charge in [0.05, 0.1) is 5.56 Å². The van der Waals surface area contributed by atoms with Crippen LogP contribution in [0.2, 0.25) is 0 Å². The predicted octanol–water partition coefficient (Wildman–Crippen LogP) is 4.50.